The van der Waals surface area contributed by atoms with Crippen molar-refractivity contribution >= 4 is 19.8 Å². The van der Waals surface area contributed by atoms with E-state index in [1.807, 2.05) is 12.2 Å². The van der Waals surface area contributed by atoms with Crippen molar-refractivity contribution < 1.29 is 42.7 Å². The van der Waals surface area contributed by atoms with Crippen LogP contribution in [0.25, 0.3) is 0 Å². The number of unbranched alkanes of at least 4 members (excludes halogenated alkanes) is 10. The first-order valence-corrected chi connectivity index (χ1v) is 21.9. The Labute approximate surface area is 321 Å². The summed E-state index contributed by atoms with van der Waals surface area (Å²) in [5.41, 5.74) is 0. The van der Waals surface area contributed by atoms with Crippen LogP contribution in [0, 0.1) is 0 Å². The maximum absolute atomic E-state index is 12.4. The molecule has 0 radical (unpaired) electrons. The Hall–Kier alpha value is -2.55. The molecule has 0 bridgehead atoms. The zero-order valence-electron chi connectivity index (χ0n) is 32.8. The lowest BCUT2D eigenvalue weighted by Crippen LogP contribution is -2.29. The van der Waals surface area contributed by atoms with Crippen LogP contribution in [0.5, 0.6) is 0 Å². The molecule has 0 saturated carbocycles. The molecule has 9 nitrogen and oxygen atoms in total. The number of allylic oxidation sites excluding steroid dienone is 11. The standard InChI is InChI=1S/C43H71O9P/c1-3-5-7-9-11-12-13-14-15-16-17-18-19-20-21-22-23-27-31-35-42(44)49-37-39(38-50-53(46,47)48)51-43(45)36-32-28-24-26-30-34-41-40(52-41)33-29-25-10-8-6-4-2/h11-12,14-15,17-18,20-21,23,25,27,29,39-41H,3-10,13,16,19,22,24,26,28,30-38H2,1-2H3,(H2,46,47,48)/b12-11-,15-14-,18-17-,21-20-,27-23-,29-25-/t39-,40?,41?/m1/s1. The molecule has 0 aromatic carbocycles. The van der Waals surface area contributed by atoms with E-state index in [-0.39, 0.29) is 19.4 Å². The number of rotatable bonds is 35. The van der Waals surface area contributed by atoms with E-state index in [0.29, 0.717) is 25.0 Å². The van der Waals surface area contributed by atoms with E-state index in [9.17, 15) is 14.2 Å². The second-order valence-electron chi connectivity index (χ2n) is 13.6. The molecule has 0 spiro atoms. The van der Waals surface area contributed by atoms with E-state index in [1.54, 1.807) is 0 Å². The van der Waals surface area contributed by atoms with Gasteiger partial charge >= 0.3 is 19.8 Å². The number of hydrogen-bond donors (Lipinski definition) is 2. The van der Waals surface area contributed by atoms with Crippen molar-refractivity contribution in [1.82, 2.24) is 0 Å². The summed E-state index contributed by atoms with van der Waals surface area (Å²) >= 11 is 0. The van der Waals surface area contributed by atoms with Gasteiger partial charge in [-0.05, 0) is 77.0 Å². The quantitative estimate of drug-likeness (QED) is 0.0213. The lowest BCUT2D eigenvalue weighted by Gasteiger charge is -2.18. The Bertz CT molecular complexity index is 1150. The molecule has 302 valence electrons. The highest BCUT2D eigenvalue weighted by Gasteiger charge is 2.36. The van der Waals surface area contributed by atoms with Crippen molar-refractivity contribution in [2.75, 3.05) is 13.2 Å². The number of carbonyl (C=O) groups excluding carboxylic acids is 2. The topological polar surface area (TPSA) is 132 Å². The number of phosphoric ester groups is 1. The molecule has 2 unspecified atom stereocenters. The van der Waals surface area contributed by atoms with Gasteiger partial charge in [-0.15, -0.1) is 0 Å². The summed E-state index contributed by atoms with van der Waals surface area (Å²) in [6.45, 7) is 3.53. The van der Waals surface area contributed by atoms with Gasteiger partial charge in [-0.3, -0.25) is 14.1 Å². The number of phosphoric acid groups is 1. The van der Waals surface area contributed by atoms with E-state index in [2.05, 4.69) is 79.1 Å². The van der Waals surface area contributed by atoms with Gasteiger partial charge in [0.2, 0.25) is 0 Å². The average molecular weight is 763 g/mol. The number of epoxide rings is 1. The highest BCUT2D eigenvalue weighted by molar-refractivity contribution is 7.46. The van der Waals surface area contributed by atoms with Crippen LogP contribution in [0.4, 0.5) is 0 Å². The fraction of sp³-hybridized carbons (Fsp3) is 0.674. The Balaban J connectivity index is 2.15. The molecule has 10 heteroatoms. The smallest absolute Gasteiger partial charge is 0.462 e. The van der Waals surface area contributed by atoms with E-state index in [4.69, 9.17) is 24.0 Å². The predicted molar refractivity (Wildman–Crippen MR) is 215 cm³/mol. The molecule has 53 heavy (non-hydrogen) atoms. The molecule has 0 aromatic heterocycles. The summed E-state index contributed by atoms with van der Waals surface area (Å²) in [4.78, 5) is 42.8. The van der Waals surface area contributed by atoms with Crippen LogP contribution >= 0.6 is 7.82 Å². The summed E-state index contributed by atoms with van der Waals surface area (Å²) in [5, 5.41) is 0. The third-order valence-corrected chi connectivity index (χ3v) is 9.12. The van der Waals surface area contributed by atoms with Gasteiger partial charge in [0.1, 0.15) is 6.61 Å². The lowest BCUT2D eigenvalue weighted by molar-refractivity contribution is -0.161. The second kappa shape index (κ2) is 34.0. The van der Waals surface area contributed by atoms with Crippen LogP contribution in [-0.2, 0) is 32.9 Å². The number of hydrogen-bond acceptors (Lipinski definition) is 7. The molecule has 1 fully saturated rings. The maximum Gasteiger partial charge on any atom is 0.469 e. The van der Waals surface area contributed by atoms with Gasteiger partial charge < -0.3 is 24.0 Å². The van der Waals surface area contributed by atoms with E-state index < -0.39 is 32.5 Å². The van der Waals surface area contributed by atoms with Gasteiger partial charge in [0.05, 0.1) is 18.8 Å². The van der Waals surface area contributed by atoms with E-state index >= 15 is 0 Å². The Morgan fingerprint density at radius 1 is 0.604 bits per heavy atom. The molecule has 3 atom stereocenters. The summed E-state index contributed by atoms with van der Waals surface area (Å²) in [5.74, 6) is -1.01. The molecule has 1 aliphatic rings. The van der Waals surface area contributed by atoms with E-state index in [0.717, 1.165) is 70.6 Å². The molecule has 1 saturated heterocycles. The van der Waals surface area contributed by atoms with Gasteiger partial charge in [0, 0.05) is 12.8 Å². The molecule has 1 heterocycles. The summed E-state index contributed by atoms with van der Waals surface area (Å²) in [6, 6.07) is 0. The highest BCUT2D eigenvalue weighted by Crippen LogP contribution is 2.36. The summed E-state index contributed by atoms with van der Waals surface area (Å²) < 4.78 is 32.1. The lowest BCUT2D eigenvalue weighted by atomic mass is 10.1. The van der Waals surface area contributed by atoms with Gasteiger partial charge in [0.25, 0.3) is 0 Å². The van der Waals surface area contributed by atoms with Gasteiger partial charge in [-0.1, -0.05) is 138 Å². The Morgan fingerprint density at radius 2 is 1.13 bits per heavy atom. The monoisotopic (exact) mass is 762 g/mol. The third-order valence-electron chi connectivity index (χ3n) is 8.63. The zero-order chi connectivity index (χ0) is 38.7. The molecule has 0 amide bonds. The zero-order valence-corrected chi connectivity index (χ0v) is 33.7. The second-order valence-corrected chi connectivity index (χ2v) is 14.9. The van der Waals surface area contributed by atoms with Crippen LogP contribution in [0.1, 0.15) is 155 Å². The van der Waals surface area contributed by atoms with Crippen LogP contribution in [0.15, 0.2) is 72.9 Å². The molecular formula is C43H71O9P. The summed E-state index contributed by atoms with van der Waals surface area (Å²) in [6.07, 6.45) is 46.5. The van der Waals surface area contributed by atoms with Crippen LogP contribution in [-0.4, -0.2) is 53.3 Å². The molecule has 2 N–H and O–H groups in total. The largest absolute Gasteiger partial charge is 0.469 e. The first-order valence-electron chi connectivity index (χ1n) is 20.4. The van der Waals surface area contributed by atoms with Crippen molar-refractivity contribution in [3.05, 3.63) is 72.9 Å². The Morgan fingerprint density at radius 3 is 1.72 bits per heavy atom. The minimum atomic E-state index is -4.78. The fourth-order valence-electron chi connectivity index (χ4n) is 5.48. The number of carbonyl (C=O) groups is 2. The average Bonchev–Trinajstić information content (AvgIpc) is 3.88. The molecule has 1 rings (SSSR count). The van der Waals surface area contributed by atoms with Crippen molar-refractivity contribution in [3.8, 4) is 0 Å². The van der Waals surface area contributed by atoms with Gasteiger partial charge in [-0.25, -0.2) is 4.57 Å². The first-order chi connectivity index (χ1) is 25.7. The fourth-order valence-corrected chi connectivity index (χ4v) is 5.84. The minimum absolute atomic E-state index is 0.134. The SMILES string of the molecule is CCCCC/C=C\C/C=C\C/C=C\C/C=C\C/C=C\CCC(=O)OC[C@H](COP(=O)(O)O)OC(=O)CCCCCCCC1OC1C/C=C\CCCCC. The van der Waals surface area contributed by atoms with Crippen LogP contribution in [0.3, 0.4) is 0 Å². The molecule has 0 aromatic rings. The number of ether oxygens (including phenoxy) is 3. The van der Waals surface area contributed by atoms with Crippen molar-refractivity contribution in [2.45, 2.75) is 173 Å². The minimum Gasteiger partial charge on any atom is -0.462 e. The van der Waals surface area contributed by atoms with Gasteiger partial charge in [0.15, 0.2) is 6.10 Å². The normalized spacial score (nSPS) is 17.1. The summed E-state index contributed by atoms with van der Waals surface area (Å²) in [7, 11) is -4.78. The maximum atomic E-state index is 12.4. The van der Waals surface area contributed by atoms with Crippen molar-refractivity contribution in [1.29, 1.82) is 0 Å². The first kappa shape index (κ1) is 48.5. The number of esters is 2. The Kier molecular flexibility index (Phi) is 31.1. The van der Waals surface area contributed by atoms with E-state index in [1.165, 1.54) is 44.9 Å². The van der Waals surface area contributed by atoms with Gasteiger partial charge in [-0.2, -0.15) is 0 Å². The van der Waals surface area contributed by atoms with Crippen LogP contribution < -0.4 is 0 Å². The highest BCUT2D eigenvalue weighted by atomic mass is 31.2. The van der Waals surface area contributed by atoms with Crippen molar-refractivity contribution in [2.24, 2.45) is 0 Å². The molecule has 1 aliphatic heterocycles. The van der Waals surface area contributed by atoms with Crippen LogP contribution in [0.2, 0.25) is 0 Å². The molecule has 0 aliphatic carbocycles. The predicted octanol–water partition coefficient (Wildman–Crippen LogP) is 11.3. The van der Waals surface area contributed by atoms with Crippen molar-refractivity contribution in [3.63, 3.8) is 0 Å². The third kappa shape index (κ3) is 33.7. The molecular weight excluding hydrogens is 691 g/mol.